The van der Waals surface area contributed by atoms with Crippen LogP contribution in [0.25, 0.3) is 0 Å². The Labute approximate surface area is 107 Å². The first-order valence-electron chi connectivity index (χ1n) is 5.91. The van der Waals surface area contributed by atoms with Crippen LogP contribution in [0.3, 0.4) is 0 Å². The molecule has 0 bridgehead atoms. The van der Waals surface area contributed by atoms with Gasteiger partial charge in [0, 0.05) is 5.69 Å². The Balaban J connectivity index is 2.07. The zero-order valence-corrected chi connectivity index (χ0v) is 10.7. The lowest BCUT2D eigenvalue weighted by Crippen LogP contribution is -2.27. The van der Waals surface area contributed by atoms with Crippen molar-refractivity contribution in [3.63, 3.8) is 0 Å². The van der Waals surface area contributed by atoms with Gasteiger partial charge in [-0.1, -0.05) is 25.5 Å². The predicted octanol–water partition coefficient (Wildman–Crippen LogP) is 2.25. The van der Waals surface area contributed by atoms with Crippen LogP contribution >= 0.6 is 12.2 Å². The Bertz CT molecular complexity index is 428. The van der Waals surface area contributed by atoms with Gasteiger partial charge in [0.2, 0.25) is 5.91 Å². The molecule has 1 fully saturated rings. The third kappa shape index (κ3) is 2.82. The second kappa shape index (κ2) is 5.27. The van der Waals surface area contributed by atoms with E-state index in [-0.39, 0.29) is 5.91 Å². The minimum atomic E-state index is -0.0370. The molecular formula is C13H16N2OS. The molecule has 1 saturated heterocycles. The monoisotopic (exact) mass is 248 g/mol. The van der Waals surface area contributed by atoms with Gasteiger partial charge in [0.1, 0.15) is 6.54 Å². The molecule has 17 heavy (non-hydrogen) atoms. The van der Waals surface area contributed by atoms with Gasteiger partial charge in [-0.2, -0.15) is 0 Å². The SMILES string of the molecule is CCCCc1ccc(N2CC(=O)NC2=S)cc1. The van der Waals surface area contributed by atoms with Gasteiger partial charge < -0.3 is 10.2 Å². The lowest BCUT2D eigenvalue weighted by molar-refractivity contribution is -0.117. The van der Waals surface area contributed by atoms with Crippen molar-refractivity contribution >= 4 is 28.9 Å². The highest BCUT2D eigenvalue weighted by molar-refractivity contribution is 7.80. The number of thiocarbonyl (C=S) groups is 1. The van der Waals surface area contributed by atoms with Crippen LogP contribution in [-0.2, 0) is 11.2 Å². The van der Waals surface area contributed by atoms with Crippen molar-refractivity contribution in [2.45, 2.75) is 26.2 Å². The van der Waals surface area contributed by atoms with E-state index in [0.29, 0.717) is 11.7 Å². The number of anilines is 1. The molecular weight excluding hydrogens is 232 g/mol. The van der Waals surface area contributed by atoms with Crippen molar-refractivity contribution in [3.8, 4) is 0 Å². The van der Waals surface area contributed by atoms with E-state index in [9.17, 15) is 4.79 Å². The van der Waals surface area contributed by atoms with E-state index in [2.05, 4.69) is 24.4 Å². The maximum Gasteiger partial charge on any atom is 0.246 e. The molecule has 4 heteroatoms. The lowest BCUT2D eigenvalue weighted by atomic mass is 10.1. The second-order valence-electron chi connectivity index (χ2n) is 4.21. The fourth-order valence-corrected chi connectivity index (χ4v) is 2.16. The van der Waals surface area contributed by atoms with E-state index in [4.69, 9.17) is 12.2 Å². The summed E-state index contributed by atoms with van der Waals surface area (Å²) in [5.74, 6) is -0.0370. The fraction of sp³-hybridized carbons (Fsp3) is 0.385. The van der Waals surface area contributed by atoms with Gasteiger partial charge in [-0.3, -0.25) is 4.79 Å². The summed E-state index contributed by atoms with van der Waals surface area (Å²) >= 11 is 5.10. The average Bonchev–Trinajstić information content (AvgIpc) is 2.66. The molecule has 1 aliphatic heterocycles. The number of hydrogen-bond acceptors (Lipinski definition) is 2. The van der Waals surface area contributed by atoms with E-state index in [0.717, 1.165) is 12.1 Å². The average molecular weight is 248 g/mol. The minimum Gasteiger partial charge on any atom is -0.309 e. The first-order valence-corrected chi connectivity index (χ1v) is 6.32. The van der Waals surface area contributed by atoms with Crippen molar-refractivity contribution < 1.29 is 4.79 Å². The summed E-state index contributed by atoms with van der Waals surface area (Å²) in [4.78, 5) is 13.0. The van der Waals surface area contributed by atoms with Crippen molar-refractivity contribution in [2.24, 2.45) is 0 Å². The molecule has 0 spiro atoms. The van der Waals surface area contributed by atoms with E-state index < -0.39 is 0 Å². The van der Waals surface area contributed by atoms with Gasteiger partial charge >= 0.3 is 0 Å². The van der Waals surface area contributed by atoms with Gasteiger partial charge in [0.15, 0.2) is 5.11 Å². The summed E-state index contributed by atoms with van der Waals surface area (Å²) in [6.45, 7) is 2.52. The number of carbonyl (C=O) groups is 1. The third-order valence-electron chi connectivity index (χ3n) is 2.86. The number of nitrogens with zero attached hydrogens (tertiary/aromatic N) is 1. The van der Waals surface area contributed by atoms with Gasteiger partial charge in [-0.25, -0.2) is 0 Å². The van der Waals surface area contributed by atoms with Crippen LogP contribution in [0.4, 0.5) is 5.69 Å². The van der Waals surface area contributed by atoms with Crippen molar-refractivity contribution in [2.75, 3.05) is 11.4 Å². The van der Waals surface area contributed by atoms with E-state index in [1.807, 2.05) is 17.0 Å². The largest absolute Gasteiger partial charge is 0.309 e. The molecule has 2 rings (SSSR count). The predicted molar refractivity (Wildman–Crippen MR) is 73.1 cm³/mol. The number of hydrogen-bond donors (Lipinski definition) is 1. The number of aryl methyl sites for hydroxylation is 1. The zero-order valence-electron chi connectivity index (χ0n) is 9.90. The number of carbonyl (C=O) groups excluding carboxylic acids is 1. The topological polar surface area (TPSA) is 32.3 Å². The summed E-state index contributed by atoms with van der Waals surface area (Å²) in [5, 5.41) is 3.13. The zero-order chi connectivity index (χ0) is 12.3. The molecule has 0 saturated carbocycles. The molecule has 1 N–H and O–H groups in total. The summed E-state index contributed by atoms with van der Waals surface area (Å²) < 4.78 is 0. The Morgan fingerprint density at radius 1 is 1.35 bits per heavy atom. The van der Waals surface area contributed by atoms with Crippen LogP contribution in [0.2, 0.25) is 0 Å². The molecule has 90 valence electrons. The maximum absolute atomic E-state index is 11.2. The highest BCUT2D eigenvalue weighted by Crippen LogP contribution is 2.18. The Morgan fingerprint density at radius 2 is 2.06 bits per heavy atom. The van der Waals surface area contributed by atoms with E-state index >= 15 is 0 Å². The van der Waals surface area contributed by atoms with Crippen LogP contribution in [0.5, 0.6) is 0 Å². The van der Waals surface area contributed by atoms with Gasteiger partial charge in [0.05, 0.1) is 0 Å². The summed E-state index contributed by atoms with van der Waals surface area (Å²) in [6, 6.07) is 8.27. The molecule has 0 aromatic heterocycles. The molecule has 1 aromatic carbocycles. The number of benzene rings is 1. The molecule has 1 aliphatic rings. The van der Waals surface area contributed by atoms with Crippen LogP contribution in [-0.4, -0.2) is 17.6 Å². The van der Waals surface area contributed by atoms with Crippen LogP contribution in [0.15, 0.2) is 24.3 Å². The summed E-state index contributed by atoms with van der Waals surface area (Å²) in [7, 11) is 0. The quantitative estimate of drug-likeness (QED) is 0.829. The third-order valence-corrected chi connectivity index (χ3v) is 3.18. The first kappa shape index (κ1) is 12.0. The smallest absolute Gasteiger partial charge is 0.246 e. The van der Waals surface area contributed by atoms with Crippen molar-refractivity contribution in [1.82, 2.24) is 5.32 Å². The van der Waals surface area contributed by atoms with Crippen LogP contribution in [0.1, 0.15) is 25.3 Å². The fourth-order valence-electron chi connectivity index (χ4n) is 1.87. The molecule has 1 aromatic rings. The Kier molecular flexibility index (Phi) is 3.74. The number of rotatable bonds is 4. The molecule has 1 amide bonds. The standard InChI is InChI=1S/C13H16N2OS/c1-2-3-4-10-5-7-11(8-6-10)15-9-12(16)14-13(15)17/h5-8H,2-4,9H2,1H3,(H,14,16,17). The summed E-state index contributed by atoms with van der Waals surface area (Å²) in [5.41, 5.74) is 2.31. The van der Waals surface area contributed by atoms with Crippen molar-refractivity contribution in [3.05, 3.63) is 29.8 Å². The van der Waals surface area contributed by atoms with Gasteiger partial charge in [-0.15, -0.1) is 0 Å². The summed E-state index contributed by atoms with van der Waals surface area (Å²) in [6.07, 6.45) is 3.52. The molecule has 0 unspecified atom stereocenters. The normalized spacial score (nSPS) is 15.2. The number of unbranched alkanes of at least 4 members (excludes halogenated alkanes) is 1. The number of nitrogens with one attached hydrogen (secondary N) is 1. The molecule has 0 radical (unpaired) electrons. The van der Waals surface area contributed by atoms with Gasteiger partial charge in [0.25, 0.3) is 0 Å². The number of amides is 1. The van der Waals surface area contributed by atoms with E-state index in [1.54, 1.807) is 0 Å². The maximum atomic E-state index is 11.2. The first-order chi connectivity index (χ1) is 8.20. The van der Waals surface area contributed by atoms with Gasteiger partial charge in [-0.05, 0) is 42.8 Å². The Morgan fingerprint density at radius 3 is 2.59 bits per heavy atom. The van der Waals surface area contributed by atoms with E-state index in [1.165, 1.54) is 18.4 Å². The lowest BCUT2D eigenvalue weighted by Gasteiger charge is -2.15. The van der Waals surface area contributed by atoms with Crippen LogP contribution < -0.4 is 10.2 Å². The van der Waals surface area contributed by atoms with Crippen molar-refractivity contribution in [1.29, 1.82) is 0 Å². The minimum absolute atomic E-state index is 0.0370. The van der Waals surface area contributed by atoms with Crippen LogP contribution in [0, 0.1) is 0 Å². The highest BCUT2D eigenvalue weighted by atomic mass is 32.1. The second-order valence-corrected chi connectivity index (χ2v) is 4.60. The Hall–Kier alpha value is -1.42. The molecule has 0 aliphatic carbocycles. The molecule has 1 heterocycles. The highest BCUT2D eigenvalue weighted by Gasteiger charge is 2.24. The molecule has 0 atom stereocenters. The molecule has 3 nitrogen and oxygen atoms in total.